The molecule has 2 rings (SSSR count). The lowest BCUT2D eigenvalue weighted by atomic mass is 10.0. The Morgan fingerprint density at radius 3 is 2.44 bits per heavy atom. The Kier molecular flexibility index (Phi) is 6.30. The van der Waals surface area contributed by atoms with Gasteiger partial charge in [0.05, 0.1) is 12.5 Å². The highest BCUT2D eigenvalue weighted by Gasteiger charge is 2.20. The summed E-state index contributed by atoms with van der Waals surface area (Å²) in [6.45, 7) is 0. The number of hydrogen-bond acceptors (Lipinski definition) is 4. The van der Waals surface area contributed by atoms with E-state index in [0.717, 1.165) is 0 Å². The zero-order valence-corrected chi connectivity index (χ0v) is 13.8. The minimum Gasteiger partial charge on any atom is -0.352 e. The predicted molar refractivity (Wildman–Crippen MR) is 91.4 cm³/mol. The lowest BCUT2D eigenvalue weighted by molar-refractivity contribution is -0.122. The second-order valence-corrected chi connectivity index (χ2v) is 5.41. The third kappa shape index (κ3) is 5.47. The van der Waals surface area contributed by atoms with Crippen LogP contribution in [0.2, 0.25) is 5.02 Å². The Labute approximate surface area is 148 Å². The van der Waals surface area contributed by atoms with Crippen molar-refractivity contribution in [1.29, 1.82) is 0 Å². The number of benzene rings is 1. The van der Waals surface area contributed by atoms with Crippen molar-refractivity contribution in [3.05, 3.63) is 64.9 Å². The van der Waals surface area contributed by atoms with Crippen molar-refractivity contribution in [2.45, 2.75) is 12.5 Å². The Hall–Kier alpha value is -3.13. The van der Waals surface area contributed by atoms with Gasteiger partial charge in [-0.25, -0.2) is 4.79 Å². The SMILES string of the molecule is NC(=O)N[C@H](CC(=O)NNC(=O)c1ccccn1)c1ccccc1Cl. The van der Waals surface area contributed by atoms with Gasteiger partial charge in [0, 0.05) is 11.2 Å². The van der Waals surface area contributed by atoms with Crippen LogP contribution in [0.4, 0.5) is 4.79 Å². The topological polar surface area (TPSA) is 126 Å². The fraction of sp³-hybridized carbons (Fsp3) is 0.125. The Morgan fingerprint density at radius 1 is 1.08 bits per heavy atom. The molecule has 0 bridgehead atoms. The van der Waals surface area contributed by atoms with Crippen LogP contribution in [0.15, 0.2) is 48.7 Å². The van der Waals surface area contributed by atoms with E-state index in [2.05, 4.69) is 21.2 Å². The number of nitrogens with two attached hydrogens (primary N) is 1. The van der Waals surface area contributed by atoms with Gasteiger partial charge < -0.3 is 11.1 Å². The van der Waals surface area contributed by atoms with Gasteiger partial charge in [0.25, 0.3) is 5.91 Å². The maximum atomic E-state index is 12.1. The van der Waals surface area contributed by atoms with E-state index in [9.17, 15) is 14.4 Å². The van der Waals surface area contributed by atoms with Crippen molar-refractivity contribution in [3.8, 4) is 0 Å². The van der Waals surface area contributed by atoms with Gasteiger partial charge in [0.1, 0.15) is 5.69 Å². The van der Waals surface area contributed by atoms with Crippen LogP contribution in [0.5, 0.6) is 0 Å². The average molecular weight is 362 g/mol. The summed E-state index contributed by atoms with van der Waals surface area (Å²) in [5.74, 6) is -1.10. The van der Waals surface area contributed by atoms with E-state index in [1.807, 2.05) is 0 Å². The molecule has 0 aliphatic heterocycles. The Morgan fingerprint density at radius 2 is 1.80 bits per heavy atom. The summed E-state index contributed by atoms with van der Waals surface area (Å²) in [6, 6.07) is 10.0. The number of primary amides is 1. The molecule has 1 aromatic carbocycles. The fourth-order valence-corrected chi connectivity index (χ4v) is 2.36. The smallest absolute Gasteiger partial charge is 0.312 e. The van der Waals surface area contributed by atoms with Crippen LogP contribution in [-0.2, 0) is 4.79 Å². The average Bonchev–Trinajstić information content (AvgIpc) is 2.60. The Balaban J connectivity index is 1.99. The number of urea groups is 1. The molecule has 0 spiro atoms. The van der Waals surface area contributed by atoms with Crippen molar-refractivity contribution < 1.29 is 14.4 Å². The molecule has 4 amide bonds. The highest BCUT2D eigenvalue weighted by Crippen LogP contribution is 2.24. The summed E-state index contributed by atoms with van der Waals surface area (Å²) in [6.07, 6.45) is 1.29. The predicted octanol–water partition coefficient (Wildman–Crippen LogP) is 1.30. The van der Waals surface area contributed by atoms with Gasteiger partial charge in [-0.3, -0.25) is 25.4 Å². The maximum absolute atomic E-state index is 12.1. The monoisotopic (exact) mass is 361 g/mol. The number of aromatic nitrogens is 1. The zero-order valence-electron chi connectivity index (χ0n) is 13.0. The van der Waals surface area contributed by atoms with Crippen molar-refractivity contribution in [2.24, 2.45) is 5.73 Å². The number of nitrogens with zero attached hydrogens (tertiary/aromatic N) is 1. The molecule has 0 aliphatic rings. The molecule has 0 saturated carbocycles. The zero-order chi connectivity index (χ0) is 18.2. The third-order valence-corrected chi connectivity index (χ3v) is 3.54. The summed E-state index contributed by atoms with van der Waals surface area (Å²) in [5.41, 5.74) is 10.3. The van der Waals surface area contributed by atoms with Gasteiger partial charge in [0.2, 0.25) is 5.91 Å². The first-order valence-corrected chi connectivity index (χ1v) is 7.65. The molecule has 2 aromatic rings. The number of hydrazine groups is 1. The molecule has 0 saturated heterocycles. The second kappa shape index (κ2) is 8.65. The summed E-state index contributed by atoms with van der Waals surface area (Å²) in [5, 5.41) is 2.84. The molecule has 1 atom stereocenters. The molecule has 0 unspecified atom stereocenters. The molecule has 9 heteroatoms. The molecule has 0 fully saturated rings. The van der Waals surface area contributed by atoms with Crippen molar-refractivity contribution in [2.75, 3.05) is 0 Å². The number of amides is 4. The van der Waals surface area contributed by atoms with E-state index in [4.69, 9.17) is 17.3 Å². The van der Waals surface area contributed by atoms with E-state index in [0.29, 0.717) is 10.6 Å². The van der Waals surface area contributed by atoms with Gasteiger partial charge in [-0.2, -0.15) is 0 Å². The van der Waals surface area contributed by atoms with Crippen molar-refractivity contribution in [3.63, 3.8) is 0 Å². The van der Waals surface area contributed by atoms with Gasteiger partial charge in [-0.05, 0) is 23.8 Å². The molecule has 5 N–H and O–H groups in total. The standard InChI is InChI=1S/C16H16ClN5O3/c17-11-6-2-1-5-10(11)13(20-16(18)25)9-14(23)21-22-15(24)12-7-3-4-8-19-12/h1-8,13H,9H2,(H,21,23)(H,22,24)(H3,18,20,25)/t13-/m1/s1. The lowest BCUT2D eigenvalue weighted by Crippen LogP contribution is -2.44. The summed E-state index contributed by atoms with van der Waals surface area (Å²) in [4.78, 5) is 39.0. The normalized spacial score (nSPS) is 11.2. The molecular weight excluding hydrogens is 346 g/mol. The van der Waals surface area contributed by atoms with Crippen LogP contribution >= 0.6 is 11.6 Å². The molecule has 8 nitrogen and oxygen atoms in total. The molecule has 1 heterocycles. The summed E-state index contributed by atoms with van der Waals surface area (Å²) >= 11 is 6.09. The lowest BCUT2D eigenvalue weighted by Gasteiger charge is -2.19. The minimum absolute atomic E-state index is 0.153. The van der Waals surface area contributed by atoms with Crippen LogP contribution in [0.1, 0.15) is 28.5 Å². The van der Waals surface area contributed by atoms with Crippen LogP contribution in [0.25, 0.3) is 0 Å². The first kappa shape index (κ1) is 18.2. The summed E-state index contributed by atoms with van der Waals surface area (Å²) < 4.78 is 0. The first-order chi connectivity index (χ1) is 12.0. The maximum Gasteiger partial charge on any atom is 0.312 e. The number of pyridine rings is 1. The number of halogens is 1. The molecule has 0 aliphatic carbocycles. The molecular formula is C16H16ClN5O3. The quantitative estimate of drug-likeness (QED) is 0.598. The van der Waals surface area contributed by atoms with Gasteiger partial charge in [-0.15, -0.1) is 0 Å². The Bertz CT molecular complexity index is 769. The number of hydrogen-bond donors (Lipinski definition) is 4. The molecule has 25 heavy (non-hydrogen) atoms. The van der Waals surface area contributed by atoms with Crippen LogP contribution in [0.3, 0.4) is 0 Å². The number of rotatable bonds is 5. The van der Waals surface area contributed by atoms with Gasteiger partial charge in [0.15, 0.2) is 0 Å². The molecule has 130 valence electrons. The van der Waals surface area contributed by atoms with E-state index < -0.39 is 23.9 Å². The van der Waals surface area contributed by atoms with E-state index in [1.165, 1.54) is 12.3 Å². The van der Waals surface area contributed by atoms with E-state index >= 15 is 0 Å². The number of carbonyl (C=O) groups excluding carboxylic acids is 3. The largest absolute Gasteiger partial charge is 0.352 e. The minimum atomic E-state index is -0.796. The number of carbonyl (C=O) groups is 3. The van der Waals surface area contributed by atoms with E-state index in [-0.39, 0.29) is 12.1 Å². The molecule has 0 radical (unpaired) electrons. The van der Waals surface area contributed by atoms with Crippen molar-refractivity contribution in [1.82, 2.24) is 21.2 Å². The van der Waals surface area contributed by atoms with Crippen molar-refractivity contribution >= 4 is 29.4 Å². The van der Waals surface area contributed by atoms with Crippen LogP contribution in [0, 0.1) is 0 Å². The highest BCUT2D eigenvalue weighted by molar-refractivity contribution is 6.31. The fourth-order valence-electron chi connectivity index (χ4n) is 2.09. The second-order valence-electron chi connectivity index (χ2n) is 5.00. The van der Waals surface area contributed by atoms with Crippen LogP contribution < -0.4 is 21.9 Å². The van der Waals surface area contributed by atoms with Crippen LogP contribution in [-0.4, -0.2) is 22.8 Å². The first-order valence-electron chi connectivity index (χ1n) is 7.28. The van der Waals surface area contributed by atoms with E-state index in [1.54, 1.807) is 36.4 Å². The van der Waals surface area contributed by atoms with Gasteiger partial charge >= 0.3 is 6.03 Å². The molecule has 1 aromatic heterocycles. The highest BCUT2D eigenvalue weighted by atomic mass is 35.5. The third-order valence-electron chi connectivity index (χ3n) is 3.20. The summed E-state index contributed by atoms with van der Waals surface area (Å²) in [7, 11) is 0. The number of nitrogens with one attached hydrogen (secondary N) is 3. The van der Waals surface area contributed by atoms with Gasteiger partial charge in [-0.1, -0.05) is 35.9 Å².